The highest BCUT2D eigenvalue weighted by Gasteiger charge is 2.27. The van der Waals surface area contributed by atoms with Crippen LogP contribution in [0.1, 0.15) is 32.1 Å². The molecule has 2 heterocycles. The van der Waals surface area contributed by atoms with Gasteiger partial charge in [-0.3, -0.25) is 0 Å². The van der Waals surface area contributed by atoms with Gasteiger partial charge >= 0.3 is 12.0 Å². The van der Waals surface area contributed by atoms with Crippen LogP contribution in [0, 0.1) is 0 Å². The van der Waals surface area contributed by atoms with E-state index in [-0.39, 0.29) is 12.6 Å². The lowest BCUT2D eigenvalue weighted by molar-refractivity contribution is -0.146. The van der Waals surface area contributed by atoms with Crippen LogP contribution in [0.4, 0.5) is 4.79 Å². The number of carboxylic acids is 1. The van der Waals surface area contributed by atoms with Crippen LogP contribution in [-0.4, -0.2) is 76.9 Å². The summed E-state index contributed by atoms with van der Waals surface area (Å²) in [7, 11) is 0. The monoisotopic (exact) mass is 299 g/mol. The van der Waals surface area contributed by atoms with Crippen molar-refractivity contribution in [2.75, 3.05) is 32.7 Å². The summed E-state index contributed by atoms with van der Waals surface area (Å²) in [6.07, 6.45) is 4.26. The van der Waals surface area contributed by atoms with Crippen molar-refractivity contribution in [3.63, 3.8) is 0 Å². The molecule has 0 radical (unpaired) electrons. The van der Waals surface area contributed by atoms with Gasteiger partial charge in [0, 0.05) is 19.1 Å². The van der Waals surface area contributed by atoms with Crippen LogP contribution in [0.5, 0.6) is 0 Å². The summed E-state index contributed by atoms with van der Waals surface area (Å²) >= 11 is 0. The predicted molar refractivity (Wildman–Crippen MR) is 77.1 cm³/mol. The minimum atomic E-state index is -1.54. The molecule has 2 rings (SSSR count). The second kappa shape index (κ2) is 7.61. The Bertz CT molecular complexity index is 363. The quantitative estimate of drug-likeness (QED) is 0.684. The van der Waals surface area contributed by atoms with E-state index in [4.69, 9.17) is 10.2 Å². The highest BCUT2D eigenvalue weighted by Crippen LogP contribution is 2.20. The molecule has 2 aliphatic heterocycles. The van der Waals surface area contributed by atoms with Crippen molar-refractivity contribution in [1.29, 1.82) is 0 Å². The number of hydrogen-bond acceptors (Lipinski definition) is 4. The van der Waals surface area contributed by atoms with Crippen molar-refractivity contribution in [2.24, 2.45) is 0 Å². The van der Waals surface area contributed by atoms with Gasteiger partial charge in [-0.2, -0.15) is 0 Å². The Morgan fingerprint density at radius 3 is 2.29 bits per heavy atom. The van der Waals surface area contributed by atoms with Gasteiger partial charge in [-0.15, -0.1) is 0 Å². The fourth-order valence-corrected chi connectivity index (χ4v) is 3.10. The van der Waals surface area contributed by atoms with Crippen LogP contribution in [0.25, 0.3) is 0 Å². The Balaban J connectivity index is 1.70. The molecule has 0 aromatic heterocycles. The molecule has 7 heteroatoms. The standard InChI is InChI=1S/C14H25N3O4/c18-12(13(19)20)10-15-14(21)17-8-4-11(5-9-17)16-6-2-1-3-7-16/h11-12,18H,1-10H2,(H,15,21)(H,19,20)/t12-/m0/s1. The topological polar surface area (TPSA) is 93.1 Å². The van der Waals surface area contributed by atoms with Crippen molar-refractivity contribution >= 4 is 12.0 Å². The molecule has 3 N–H and O–H groups in total. The van der Waals surface area contributed by atoms with Crippen LogP contribution in [0.2, 0.25) is 0 Å². The number of carbonyl (C=O) groups excluding carboxylic acids is 1. The van der Waals surface area contributed by atoms with Crippen molar-refractivity contribution in [3.8, 4) is 0 Å². The number of nitrogens with zero attached hydrogens (tertiary/aromatic N) is 2. The number of aliphatic carboxylic acids is 1. The average Bonchev–Trinajstić information content (AvgIpc) is 2.53. The van der Waals surface area contributed by atoms with Gasteiger partial charge in [0.15, 0.2) is 6.10 Å². The molecule has 0 spiro atoms. The minimum absolute atomic E-state index is 0.250. The fraction of sp³-hybridized carbons (Fsp3) is 0.857. The van der Waals surface area contributed by atoms with Gasteiger partial charge in [0.1, 0.15) is 0 Å². The van der Waals surface area contributed by atoms with E-state index >= 15 is 0 Å². The number of carboxylic acid groups (broad SMARTS) is 1. The number of likely N-dealkylation sites (tertiary alicyclic amines) is 2. The van der Waals surface area contributed by atoms with Crippen LogP contribution in [0.15, 0.2) is 0 Å². The summed E-state index contributed by atoms with van der Waals surface area (Å²) in [5.41, 5.74) is 0. The van der Waals surface area contributed by atoms with Gasteiger partial charge in [0.25, 0.3) is 0 Å². The second-order valence-electron chi connectivity index (χ2n) is 5.85. The van der Waals surface area contributed by atoms with E-state index in [2.05, 4.69) is 10.2 Å². The van der Waals surface area contributed by atoms with E-state index in [1.54, 1.807) is 4.90 Å². The Morgan fingerprint density at radius 2 is 1.71 bits per heavy atom. The van der Waals surface area contributed by atoms with Crippen LogP contribution >= 0.6 is 0 Å². The van der Waals surface area contributed by atoms with Crippen molar-refractivity contribution < 1.29 is 19.8 Å². The Hall–Kier alpha value is -1.34. The Morgan fingerprint density at radius 1 is 1.10 bits per heavy atom. The van der Waals surface area contributed by atoms with E-state index in [0.29, 0.717) is 19.1 Å². The zero-order chi connectivity index (χ0) is 15.2. The van der Waals surface area contributed by atoms with Gasteiger partial charge in [0.2, 0.25) is 0 Å². The smallest absolute Gasteiger partial charge is 0.334 e. The molecule has 2 aliphatic rings. The number of urea groups is 1. The third kappa shape index (κ3) is 4.57. The molecule has 0 aromatic carbocycles. The minimum Gasteiger partial charge on any atom is -0.479 e. The molecule has 7 nitrogen and oxygen atoms in total. The van der Waals surface area contributed by atoms with E-state index in [9.17, 15) is 9.59 Å². The number of amides is 2. The third-order valence-corrected chi connectivity index (χ3v) is 4.39. The third-order valence-electron chi connectivity index (χ3n) is 4.39. The molecule has 1 atom stereocenters. The number of rotatable bonds is 4. The van der Waals surface area contributed by atoms with E-state index in [0.717, 1.165) is 12.8 Å². The molecular formula is C14H25N3O4. The van der Waals surface area contributed by atoms with Gasteiger partial charge < -0.3 is 25.3 Å². The fourth-order valence-electron chi connectivity index (χ4n) is 3.10. The first kappa shape index (κ1) is 16.0. The molecule has 0 aliphatic carbocycles. The van der Waals surface area contributed by atoms with E-state index < -0.39 is 12.1 Å². The first-order valence-corrected chi connectivity index (χ1v) is 7.75. The van der Waals surface area contributed by atoms with Gasteiger partial charge in [-0.05, 0) is 38.8 Å². The van der Waals surface area contributed by atoms with Crippen molar-refractivity contribution in [2.45, 2.75) is 44.2 Å². The lowest BCUT2D eigenvalue weighted by Crippen LogP contribution is -2.51. The maximum absolute atomic E-state index is 11.9. The van der Waals surface area contributed by atoms with Gasteiger partial charge in [-0.1, -0.05) is 6.42 Å². The average molecular weight is 299 g/mol. The normalized spacial score (nSPS) is 22.8. The molecule has 2 amide bonds. The number of piperidine rings is 2. The summed E-state index contributed by atoms with van der Waals surface area (Å²) in [6.45, 7) is 3.47. The zero-order valence-electron chi connectivity index (χ0n) is 12.3. The predicted octanol–water partition coefficient (Wildman–Crippen LogP) is 0.0918. The van der Waals surface area contributed by atoms with Crippen LogP contribution in [-0.2, 0) is 4.79 Å². The van der Waals surface area contributed by atoms with Crippen molar-refractivity contribution in [3.05, 3.63) is 0 Å². The molecule has 0 unspecified atom stereocenters. The lowest BCUT2D eigenvalue weighted by Gasteiger charge is -2.40. The van der Waals surface area contributed by atoms with Crippen LogP contribution in [0.3, 0.4) is 0 Å². The van der Waals surface area contributed by atoms with E-state index in [1.807, 2.05) is 0 Å². The number of aliphatic hydroxyl groups is 1. The maximum atomic E-state index is 11.9. The summed E-state index contributed by atoms with van der Waals surface area (Å²) in [6, 6.07) is 0.284. The number of hydrogen-bond donors (Lipinski definition) is 3. The molecule has 0 bridgehead atoms. The molecular weight excluding hydrogens is 274 g/mol. The highest BCUT2D eigenvalue weighted by atomic mass is 16.4. The maximum Gasteiger partial charge on any atom is 0.334 e. The summed E-state index contributed by atoms with van der Waals surface area (Å²) < 4.78 is 0. The molecule has 120 valence electrons. The number of aliphatic hydroxyl groups excluding tert-OH is 1. The number of nitrogens with one attached hydrogen (secondary N) is 1. The summed E-state index contributed by atoms with van der Waals surface area (Å²) in [4.78, 5) is 26.6. The van der Waals surface area contributed by atoms with E-state index in [1.165, 1.54) is 32.4 Å². The lowest BCUT2D eigenvalue weighted by atomic mass is 10.0. The second-order valence-corrected chi connectivity index (χ2v) is 5.85. The molecule has 0 aromatic rings. The van der Waals surface area contributed by atoms with Crippen LogP contribution < -0.4 is 5.32 Å². The SMILES string of the molecule is O=C(O)[C@@H](O)CNC(=O)N1CCC(N2CCCCC2)CC1. The largest absolute Gasteiger partial charge is 0.479 e. The molecule has 21 heavy (non-hydrogen) atoms. The molecule has 0 saturated carbocycles. The number of carbonyl (C=O) groups is 2. The van der Waals surface area contributed by atoms with Gasteiger partial charge in [-0.25, -0.2) is 9.59 Å². The Labute approximate surface area is 124 Å². The first-order valence-electron chi connectivity index (χ1n) is 7.75. The zero-order valence-corrected chi connectivity index (χ0v) is 12.3. The first-order chi connectivity index (χ1) is 10.1. The molecule has 2 saturated heterocycles. The summed E-state index contributed by atoms with van der Waals surface area (Å²) in [5, 5.41) is 20.2. The van der Waals surface area contributed by atoms with Gasteiger partial charge in [0.05, 0.1) is 6.54 Å². The molecule has 2 fully saturated rings. The summed E-state index contributed by atoms with van der Waals surface area (Å²) in [5.74, 6) is -1.32. The highest BCUT2D eigenvalue weighted by molar-refractivity contribution is 5.76. The van der Waals surface area contributed by atoms with Crippen molar-refractivity contribution in [1.82, 2.24) is 15.1 Å². The Kier molecular flexibility index (Phi) is 5.81.